The van der Waals surface area contributed by atoms with Crippen LogP contribution in [0.5, 0.6) is 0 Å². The number of aromatic nitrogens is 1. The van der Waals surface area contributed by atoms with Gasteiger partial charge in [-0.1, -0.05) is 18.2 Å². The molecule has 2 aromatic rings. The van der Waals surface area contributed by atoms with Crippen LogP contribution in [0.3, 0.4) is 0 Å². The van der Waals surface area contributed by atoms with Gasteiger partial charge in [-0.25, -0.2) is 5.48 Å². The van der Waals surface area contributed by atoms with Gasteiger partial charge in [0.1, 0.15) is 6.10 Å². The number of rotatable bonds is 2. The third kappa shape index (κ3) is 1.57. The number of fused-ring (bicyclic) bond motifs is 3. The van der Waals surface area contributed by atoms with E-state index >= 15 is 0 Å². The molecule has 1 atom stereocenters. The van der Waals surface area contributed by atoms with Crippen LogP contribution >= 0.6 is 0 Å². The van der Waals surface area contributed by atoms with Gasteiger partial charge in [0, 0.05) is 49.3 Å². The molecule has 0 spiro atoms. The molecule has 1 aliphatic rings. The molecule has 2 N–H and O–H groups in total. The van der Waals surface area contributed by atoms with Crippen molar-refractivity contribution >= 4 is 10.9 Å². The molecule has 90 valence electrons. The zero-order valence-electron chi connectivity index (χ0n) is 10.2. The maximum Gasteiger partial charge on any atom is 0.119 e. The maximum absolute atomic E-state index is 5.60. The molecular formula is C13H17N3O. The van der Waals surface area contributed by atoms with E-state index in [2.05, 4.69) is 46.7 Å². The topological polar surface area (TPSA) is 38.2 Å². The van der Waals surface area contributed by atoms with E-state index < -0.39 is 0 Å². The van der Waals surface area contributed by atoms with Crippen molar-refractivity contribution in [2.75, 3.05) is 13.6 Å². The molecule has 1 aromatic carbocycles. The summed E-state index contributed by atoms with van der Waals surface area (Å²) < 4.78 is 2.25. The average molecular weight is 231 g/mol. The molecule has 0 radical (unpaired) electrons. The second kappa shape index (κ2) is 4.14. The van der Waals surface area contributed by atoms with Crippen LogP contribution in [0.1, 0.15) is 17.4 Å². The largest absolute Gasteiger partial charge is 0.346 e. The van der Waals surface area contributed by atoms with Crippen molar-refractivity contribution < 1.29 is 4.84 Å². The lowest BCUT2D eigenvalue weighted by Gasteiger charge is -2.24. The first-order valence-electron chi connectivity index (χ1n) is 5.92. The van der Waals surface area contributed by atoms with Crippen molar-refractivity contribution in [2.45, 2.75) is 12.6 Å². The van der Waals surface area contributed by atoms with E-state index in [0.29, 0.717) is 0 Å². The van der Waals surface area contributed by atoms with Crippen molar-refractivity contribution in [3.8, 4) is 0 Å². The van der Waals surface area contributed by atoms with Crippen LogP contribution in [0.4, 0.5) is 0 Å². The van der Waals surface area contributed by atoms with E-state index in [-0.39, 0.29) is 6.10 Å². The van der Waals surface area contributed by atoms with Crippen LogP contribution < -0.4 is 10.8 Å². The highest BCUT2D eigenvalue weighted by Crippen LogP contribution is 2.33. The SMILES string of the molecule is CNOC1CNCc2c1c1ccccc1n2C. The van der Waals surface area contributed by atoms with Gasteiger partial charge in [-0.05, 0) is 6.07 Å². The molecule has 0 amide bonds. The summed E-state index contributed by atoms with van der Waals surface area (Å²) in [5.41, 5.74) is 6.71. The van der Waals surface area contributed by atoms with Crippen molar-refractivity contribution in [1.29, 1.82) is 0 Å². The highest BCUT2D eigenvalue weighted by atomic mass is 16.7. The highest BCUT2D eigenvalue weighted by molar-refractivity contribution is 5.86. The standard InChI is InChI=1S/C13H17N3O/c1-14-17-12-8-15-7-11-13(12)9-5-3-4-6-10(9)16(11)2/h3-6,12,14-15H,7-8H2,1-2H3. The Hall–Kier alpha value is -1.36. The molecule has 3 rings (SSSR count). The predicted molar refractivity (Wildman–Crippen MR) is 67.5 cm³/mol. The Bertz CT molecular complexity index is 547. The Morgan fingerprint density at radius 2 is 2.24 bits per heavy atom. The van der Waals surface area contributed by atoms with Crippen molar-refractivity contribution in [1.82, 2.24) is 15.4 Å². The number of benzene rings is 1. The number of hydroxylamine groups is 1. The summed E-state index contributed by atoms with van der Waals surface area (Å²) in [6, 6.07) is 8.49. The normalized spacial score (nSPS) is 19.5. The number of aryl methyl sites for hydroxylation is 1. The number of hydrogen-bond donors (Lipinski definition) is 2. The van der Waals surface area contributed by atoms with Gasteiger partial charge in [0.25, 0.3) is 0 Å². The summed E-state index contributed by atoms with van der Waals surface area (Å²) in [6.45, 7) is 1.76. The minimum atomic E-state index is 0.0786. The van der Waals surface area contributed by atoms with Crippen LogP contribution in [-0.2, 0) is 18.4 Å². The van der Waals surface area contributed by atoms with Gasteiger partial charge < -0.3 is 9.88 Å². The fourth-order valence-electron chi connectivity index (χ4n) is 2.72. The second-order valence-corrected chi connectivity index (χ2v) is 4.38. The monoisotopic (exact) mass is 231 g/mol. The Kier molecular flexibility index (Phi) is 2.63. The minimum absolute atomic E-state index is 0.0786. The van der Waals surface area contributed by atoms with Gasteiger partial charge in [0.05, 0.1) is 0 Å². The Labute approximate surface area is 101 Å². The van der Waals surface area contributed by atoms with E-state index in [1.54, 1.807) is 7.05 Å². The fraction of sp³-hybridized carbons (Fsp3) is 0.385. The van der Waals surface area contributed by atoms with Crippen molar-refractivity contribution in [3.05, 3.63) is 35.5 Å². The molecule has 0 aliphatic carbocycles. The number of para-hydroxylation sites is 1. The summed E-state index contributed by atoms with van der Waals surface area (Å²) in [6.07, 6.45) is 0.0786. The van der Waals surface area contributed by atoms with Gasteiger partial charge >= 0.3 is 0 Å². The Morgan fingerprint density at radius 3 is 3.06 bits per heavy atom. The zero-order valence-corrected chi connectivity index (χ0v) is 10.2. The zero-order chi connectivity index (χ0) is 11.8. The van der Waals surface area contributed by atoms with Gasteiger partial charge in [-0.3, -0.25) is 4.84 Å². The number of hydrogen-bond acceptors (Lipinski definition) is 3. The fourth-order valence-corrected chi connectivity index (χ4v) is 2.72. The van der Waals surface area contributed by atoms with E-state index in [1.807, 2.05) is 0 Å². The minimum Gasteiger partial charge on any atom is -0.346 e. The van der Waals surface area contributed by atoms with E-state index in [1.165, 1.54) is 22.2 Å². The first-order chi connectivity index (χ1) is 8.33. The molecule has 0 fully saturated rings. The first-order valence-corrected chi connectivity index (χ1v) is 5.92. The van der Waals surface area contributed by atoms with Crippen LogP contribution in [0.15, 0.2) is 24.3 Å². The first kappa shape index (κ1) is 10.8. The molecule has 2 heterocycles. The average Bonchev–Trinajstić information content (AvgIpc) is 2.66. The molecule has 4 nitrogen and oxygen atoms in total. The lowest BCUT2D eigenvalue weighted by Crippen LogP contribution is -2.32. The molecule has 0 bridgehead atoms. The molecule has 1 aliphatic heterocycles. The van der Waals surface area contributed by atoms with Crippen LogP contribution in [0, 0.1) is 0 Å². The third-order valence-corrected chi connectivity index (χ3v) is 3.48. The molecule has 1 aromatic heterocycles. The summed E-state index contributed by atoms with van der Waals surface area (Å²) in [7, 11) is 3.92. The smallest absolute Gasteiger partial charge is 0.119 e. The Balaban J connectivity index is 2.24. The highest BCUT2D eigenvalue weighted by Gasteiger charge is 2.26. The second-order valence-electron chi connectivity index (χ2n) is 4.38. The third-order valence-electron chi connectivity index (χ3n) is 3.48. The molecule has 17 heavy (non-hydrogen) atoms. The molecule has 1 unspecified atom stereocenters. The lowest BCUT2D eigenvalue weighted by molar-refractivity contribution is -0.0161. The Morgan fingerprint density at radius 1 is 1.41 bits per heavy atom. The van der Waals surface area contributed by atoms with Crippen LogP contribution in [-0.4, -0.2) is 18.2 Å². The summed E-state index contributed by atoms with van der Waals surface area (Å²) in [5, 5.41) is 4.69. The van der Waals surface area contributed by atoms with E-state index in [9.17, 15) is 0 Å². The molecular weight excluding hydrogens is 214 g/mol. The number of nitrogens with one attached hydrogen (secondary N) is 2. The van der Waals surface area contributed by atoms with Crippen LogP contribution in [0.2, 0.25) is 0 Å². The maximum atomic E-state index is 5.60. The van der Waals surface area contributed by atoms with Gasteiger partial charge in [0.2, 0.25) is 0 Å². The quantitative estimate of drug-likeness (QED) is 0.769. The summed E-state index contributed by atoms with van der Waals surface area (Å²) >= 11 is 0. The van der Waals surface area contributed by atoms with Gasteiger partial charge in [-0.2, -0.15) is 0 Å². The predicted octanol–water partition coefficient (Wildman–Crippen LogP) is 1.47. The van der Waals surface area contributed by atoms with Gasteiger partial charge in [-0.15, -0.1) is 0 Å². The molecule has 4 heteroatoms. The lowest BCUT2D eigenvalue weighted by atomic mass is 10.0. The summed E-state index contributed by atoms with van der Waals surface area (Å²) in [5.74, 6) is 0. The van der Waals surface area contributed by atoms with Gasteiger partial charge in [0.15, 0.2) is 0 Å². The van der Waals surface area contributed by atoms with E-state index in [0.717, 1.165) is 13.1 Å². The molecule has 0 saturated heterocycles. The van der Waals surface area contributed by atoms with Crippen molar-refractivity contribution in [2.24, 2.45) is 7.05 Å². The number of nitrogens with zero attached hydrogens (tertiary/aromatic N) is 1. The molecule has 0 saturated carbocycles. The van der Waals surface area contributed by atoms with Crippen LogP contribution in [0.25, 0.3) is 10.9 Å². The van der Waals surface area contributed by atoms with Crippen molar-refractivity contribution in [3.63, 3.8) is 0 Å². The summed E-state index contributed by atoms with van der Waals surface area (Å²) in [4.78, 5) is 5.60. The van der Waals surface area contributed by atoms with E-state index in [4.69, 9.17) is 4.84 Å².